The number of pyridine rings is 1. The van der Waals surface area contributed by atoms with E-state index < -0.39 is 10.1 Å². The van der Waals surface area contributed by atoms with Crippen LogP contribution in [0.2, 0.25) is 0 Å². The molecule has 10 heteroatoms. The summed E-state index contributed by atoms with van der Waals surface area (Å²) in [5.74, 6) is 0.970. The number of nitrogens with zero attached hydrogens (tertiary/aromatic N) is 2. The molecule has 0 aliphatic carbocycles. The van der Waals surface area contributed by atoms with Crippen molar-refractivity contribution in [1.82, 2.24) is 9.97 Å². The highest BCUT2D eigenvalue weighted by Gasteiger charge is 2.14. The zero-order valence-electron chi connectivity index (χ0n) is 17.0. The lowest BCUT2D eigenvalue weighted by molar-refractivity contribution is 0.326. The first kappa shape index (κ1) is 22.2. The third-order valence-corrected chi connectivity index (χ3v) is 4.60. The van der Waals surface area contributed by atoms with Crippen LogP contribution in [0.25, 0.3) is 0 Å². The van der Waals surface area contributed by atoms with E-state index in [1.54, 1.807) is 42.6 Å². The van der Waals surface area contributed by atoms with Crippen molar-refractivity contribution in [3.05, 3.63) is 77.7 Å². The molecule has 162 valence electrons. The van der Waals surface area contributed by atoms with Gasteiger partial charge in [0.25, 0.3) is 10.1 Å². The lowest BCUT2D eigenvalue weighted by atomic mass is 10.2. The number of H-pyrrole nitrogens is 1. The molecular formula is C21H22N4O5S. The van der Waals surface area contributed by atoms with E-state index in [1.165, 1.54) is 7.11 Å². The molecule has 2 N–H and O–H groups in total. The number of amidine groups is 1. The molecule has 0 aliphatic heterocycles. The number of nitrogens with one attached hydrogen (secondary N) is 2. The highest BCUT2D eigenvalue weighted by molar-refractivity contribution is 7.85. The smallest absolute Gasteiger partial charge is 0.264 e. The van der Waals surface area contributed by atoms with Crippen LogP contribution in [-0.4, -0.2) is 50.1 Å². The summed E-state index contributed by atoms with van der Waals surface area (Å²) in [5.41, 5.74) is 1.64. The lowest BCUT2D eigenvalue weighted by Gasteiger charge is -2.08. The molecule has 0 bridgehead atoms. The van der Waals surface area contributed by atoms with Gasteiger partial charge >= 0.3 is 0 Å². The Balaban J connectivity index is 1.86. The maximum atomic E-state index is 11.1. The zero-order valence-corrected chi connectivity index (χ0v) is 17.8. The molecule has 3 rings (SSSR count). The van der Waals surface area contributed by atoms with Gasteiger partial charge in [0.1, 0.15) is 17.1 Å². The van der Waals surface area contributed by atoms with E-state index in [1.807, 2.05) is 18.2 Å². The summed E-state index contributed by atoms with van der Waals surface area (Å²) >= 11 is 0. The molecule has 9 nitrogen and oxygen atoms in total. The van der Waals surface area contributed by atoms with Crippen molar-refractivity contribution in [1.29, 1.82) is 5.41 Å². The maximum Gasteiger partial charge on any atom is 0.264 e. The molecule has 2 heterocycles. The Bertz CT molecular complexity index is 1170. The van der Waals surface area contributed by atoms with E-state index >= 15 is 0 Å². The molecule has 0 saturated carbocycles. The van der Waals surface area contributed by atoms with Crippen LogP contribution in [0, 0.1) is 5.41 Å². The number of ether oxygens (including phenoxy) is 2. The average molecular weight is 442 g/mol. The number of methoxy groups -OCH3 is 1. The predicted molar refractivity (Wildman–Crippen MR) is 117 cm³/mol. The third-order valence-electron chi connectivity index (χ3n) is 4.01. The molecule has 0 amide bonds. The highest BCUT2D eigenvalue weighted by atomic mass is 32.2. The molecule has 0 atom stereocenters. The second kappa shape index (κ2) is 10.0. The summed E-state index contributed by atoms with van der Waals surface area (Å²) in [6.45, 7) is 0.0195. The molecule has 0 aliphatic rings. The predicted octanol–water partition coefficient (Wildman–Crippen LogP) is 2.79. The minimum atomic E-state index is -3.50. The number of aromatic amines is 1. The van der Waals surface area contributed by atoms with Gasteiger partial charge < -0.3 is 14.5 Å². The number of benzene rings is 1. The molecule has 0 spiro atoms. The van der Waals surface area contributed by atoms with Gasteiger partial charge in [0, 0.05) is 12.3 Å². The zero-order chi connectivity index (χ0) is 22.3. The van der Waals surface area contributed by atoms with Gasteiger partial charge in [-0.1, -0.05) is 24.3 Å². The molecule has 2 aromatic heterocycles. The number of hydrogen-bond donors (Lipinski definition) is 2. The second-order valence-electron chi connectivity index (χ2n) is 6.44. The Morgan fingerprint density at radius 2 is 1.94 bits per heavy atom. The number of para-hydroxylation sites is 1. The van der Waals surface area contributed by atoms with Crippen LogP contribution in [0.1, 0.15) is 17.0 Å². The summed E-state index contributed by atoms with van der Waals surface area (Å²) < 4.78 is 38.1. The van der Waals surface area contributed by atoms with Crippen molar-refractivity contribution in [2.75, 3.05) is 20.0 Å². The van der Waals surface area contributed by atoms with Crippen LogP contribution >= 0.6 is 0 Å². The first-order valence-electron chi connectivity index (χ1n) is 9.27. The summed E-state index contributed by atoms with van der Waals surface area (Å²) in [6.07, 6.45) is 3.08. The van der Waals surface area contributed by atoms with Gasteiger partial charge in [-0.05, 0) is 36.2 Å². The Morgan fingerprint density at radius 3 is 2.65 bits per heavy atom. The standard InChI is InChI=1S/C21H22N4O5S/c1-28-19-10-6-9-17(24-19)20(22)25-21(30-16-7-4-3-5-8-16)18-13-15(14-23-18)11-12-29-31(2,26)27/h3-10,13-14,22-23H,11-12H2,1-2H3. The Labute approximate surface area is 180 Å². The molecule has 0 saturated heterocycles. The molecular weight excluding hydrogens is 420 g/mol. The molecule has 31 heavy (non-hydrogen) atoms. The Kier molecular flexibility index (Phi) is 7.16. The van der Waals surface area contributed by atoms with Crippen LogP contribution in [0.15, 0.2) is 65.8 Å². The number of aromatic nitrogens is 2. The van der Waals surface area contributed by atoms with Crippen molar-refractivity contribution in [2.45, 2.75) is 6.42 Å². The fourth-order valence-corrected chi connectivity index (χ4v) is 2.96. The van der Waals surface area contributed by atoms with Gasteiger partial charge in [0.2, 0.25) is 11.8 Å². The molecule has 3 aromatic rings. The van der Waals surface area contributed by atoms with E-state index in [0.717, 1.165) is 11.8 Å². The summed E-state index contributed by atoms with van der Waals surface area (Å²) in [5, 5.41) is 8.35. The SMILES string of the molecule is COc1cccc(C(=N)N=C(Oc2ccccc2)c2cc(CCOS(C)(=O)=O)c[nH]2)n1. The quantitative estimate of drug-likeness (QED) is 0.314. The normalized spacial score (nSPS) is 11.9. The third kappa shape index (κ3) is 6.76. The van der Waals surface area contributed by atoms with E-state index in [4.69, 9.17) is 19.1 Å². The van der Waals surface area contributed by atoms with E-state index in [9.17, 15) is 8.42 Å². The first-order chi connectivity index (χ1) is 14.8. The largest absolute Gasteiger partial charge is 0.481 e. The van der Waals surface area contributed by atoms with Crippen LogP contribution in [-0.2, 0) is 20.7 Å². The Morgan fingerprint density at radius 1 is 1.16 bits per heavy atom. The number of aliphatic imine (C=N–C) groups is 1. The highest BCUT2D eigenvalue weighted by Crippen LogP contribution is 2.15. The minimum Gasteiger partial charge on any atom is -0.481 e. The topological polar surface area (TPSA) is 127 Å². The lowest BCUT2D eigenvalue weighted by Crippen LogP contribution is -2.14. The first-order valence-corrected chi connectivity index (χ1v) is 11.1. The second-order valence-corrected chi connectivity index (χ2v) is 8.09. The van der Waals surface area contributed by atoms with Gasteiger partial charge in [-0.3, -0.25) is 9.59 Å². The summed E-state index contributed by atoms with van der Waals surface area (Å²) in [7, 11) is -2.00. The van der Waals surface area contributed by atoms with Gasteiger partial charge in [-0.25, -0.2) is 4.98 Å². The molecule has 1 aromatic carbocycles. The van der Waals surface area contributed by atoms with Gasteiger partial charge in [0.05, 0.1) is 20.0 Å². The van der Waals surface area contributed by atoms with E-state index in [2.05, 4.69) is 15.0 Å². The number of rotatable bonds is 8. The van der Waals surface area contributed by atoms with Crippen LogP contribution < -0.4 is 9.47 Å². The fourth-order valence-electron chi connectivity index (χ4n) is 2.58. The minimum absolute atomic E-state index is 0.0195. The van der Waals surface area contributed by atoms with Crippen LogP contribution in [0.5, 0.6) is 11.6 Å². The van der Waals surface area contributed by atoms with Crippen LogP contribution in [0.3, 0.4) is 0 Å². The molecule has 0 fully saturated rings. The molecule has 0 unspecified atom stereocenters. The van der Waals surface area contributed by atoms with Crippen LogP contribution in [0.4, 0.5) is 0 Å². The van der Waals surface area contributed by atoms with Gasteiger partial charge in [0.15, 0.2) is 5.84 Å². The van der Waals surface area contributed by atoms with Gasteiger partial charge in [-0.2, -0.15) is 13.4 Å². The van der Waals surface area contributed by atoms with Crippen molar-refractivity contribution < 1.29 is 22.1 Å². The van der Waals surface area contributed by atoms with E-state index in [0.29, 0.717) is 29.4 Å². The Hall–Kier alpha value is -3.50. The monoisotopic (exact) mass is 442 g/mol. The van der Waals surface area contributed by atoms with Crippen molar-refractivity contribution in [3.8, 4) is 11.6 Å². The summed E-state index contributed by atoms with van der Waals surface area (Å²) in [6, 6.07) is 15.9. The number of hydrogen-bond acceptors (Lipinski definition) is 7. The van der Waals surface area contributed by atoms with E-state index in [-0.39, 0.29) is 18.3 Å². The van der Waals surface area contributed by atoms with Gasteiger partial charge in [-0.15, -0.1) is 0 Å². The fraction of sp³-hybridized carbons (Fsp3) is 0.190. The summed E-state index contributed by atoms with van der Waals surface area (Å²) in [4.78, 5) is 11.6. The molecule has 0 radical (unpaired) electrons. The van der Waals surface area contributed by atoms with Crippen molar-refractivity contribution in [3.63, 3.8) is 0 Å². The maximum absolute atomic E-state index is 11.1. The average Bonchev–Trinajstić information content (AvgIpc) is 3.22. The van der Waals surface area contributed by atoms with Crippen molar-refractivity contribution in [2.24, 2.45) is 4.99 Å². The van der Waals surface area contributed by atoms with Crippen molar-refractivity contribution >= 4 is 21.9 Å².